The summed E-state index contributed by atoms with van der Waals surface area (Å²) in [5.74, 6) is -1.48. The van der Waals surface area contributed by atoms with Gasteiger partial charge in [0, 0.05) is 7.05 Å². The molecule has 0 aromatic carbocycles. The molecule has 1 unspecified atom stereocenters. The normalized spacial score (nSPS) is 15.1. The average molecular weight is 303 g/mol. The van der Waals surface area contributed by atoms with Gasteiger partial charge in [-0.05, 0) is 19.8 Å². The minimum Gasteiger partial charge on any atom is -0.480 e. The first-order chi connectivity index (χ1) is 9.11. The van der Waals surface area contributed by atoms with E-state index in [2.05, 4.69) is 9.82 Å². The van der Waals surface area contributed by atoms with E-state index in [0.717, 1.165) is 0 Å². The van der Waals surface area contributed by atoms with Gasteiger partial charge in [-0.15, -0.1) is 0 Å². The minimum absolute atomic E-state index is 0.0505. The number of aryl methyl sites for hydroxylation is 2. The van der Waals surface area contributed by atoms with Crippen molar-refractivity contribution < 1.29 is 18.3 Å². The highest BCUT2D eigenvalue weighted by atomic mass is 32.2. The van der Waals surface area contributed by atoms with Crippen LogP contribution in [0.5, 0.6) is 0 Å². The fourth-order valence-corrected chi connectivity index (χ4v) is 3.75. The van der Waals surface area contributed by atoms with E-state index in [1.165, 1.54) is 4.68 Å². The van der Waals surface area contributed by atoms with E-state index < -0.39 is 22.0 Å². The molecule has 0 bridgehead atoms. The molecule has 20 heavy (non-hydrogen) atoms. The summed E-state index contributed by atoms with van der Waals surface area (Å²) >= 11 is 0. The molecular formula is C12H21N3O4S. The number of nitrogens with zero attached hydrogens (tertiary/aromatic N) is 2. The summed E-state index contributed by atoms with van der Waals surface area (Å²) in [6, 6.07) is -1.15. The van der Waals surface area contributed by atoms with Gasteiger partial charge in [-0.2, -0.15) is 9.82 Å². The van der Waals surface area contributed by atoms with Gasteiger partial charge in [0.2, 0.25) is 10.0 Å². The van der Waals surface area contributed by atoms with Crippen LogP contribution in [0.1, 0.15) is 31.7 Å². The number of hydrogen-bond acceptors (Lipinski definition) is 4. The van der Waals surface area contributed by atoms with Crippen molar-refractivity contribution >= 4 is 16.0 Å². The number of carboxylic acids is 1. The first-order valence-electron chi connectivity index (χ1n) is 6.37. The number of aromatic nitrogens is 2. The number of carboxylic acid groups (broad SMARTS) is 1. The molecule has 1 rings (SSSR count). The highest BCUT2D eigenvalue weighted by molar-refractivity contribution is 7.89. The monoisotopic (exact) mass is 303 g/mol. The lowest BCUT2D eigenvalue weighted by molar-refractivity contribution is -0.140. The molecule has 0 radical (unpaired) electrons. The smallest absolute Gasteiger partial charge is 0.322 e. The Morgan fingerprint density at radius 1 is 1.45 bits per heavy atom. The van der Waals surface area contributed by atoms with Crippen LogP contribution in [0.4, 0.5) is 0 Å². The molecule has 1 aromatic rings. The van der Waals surface area contributed by atoms with E-state index in [1.807, 2.05) is 6.92 Å². The Kier molecular flexibility index (Phi) is 4.93. The number of sulfonamides is 1. The van der Waals surface area contributed by atoms with Crippen LogP contribution in [-0.4, -0.2) is 35.3 Å². The molecule has 7 nitrogen and oxygen atoms in total. The maximum absolute atomic E-state index is 12.4. The van der Waals surface area contributed by atoms with E-state index in [1.54, 1.807) is 27.8 Å². The van der Waals surface area contributed by atoms with Gasteiger partial charge < -0.3 is 5.11 Å². The molecule has 0 spiro atoms. The molecule has 0 aliphatic rings. The van der Waals surface area contributed by atoms with Crippen LogP contribution < -0.4 is 4.72 Å². The van der Waals surface area contributed by atoms with E-state index in [9.17, 15) is 18.3 Å². The SMILES string of the molecule is CCC(C)[C@H](NS(=O)(=O)c1c(C)nn(C)c1C)C(=O)O. The maximum Gasteiger partial charge on any atom is 0.322 e. The fraction of sp³-hybridized carbons (Fsp3) is 0.667. The Morgan fingerprint density at radius 3 is 2.35 bits per heavy atom. The van der Waals surface area contributed by atoms with Gasteiger partial charge in [0.25, 0.3) is 0 Å². The average Bonchev–Trinajstić information content (AvgIpc) is 2.59. The molecule has 114 valence electrons. The third-order valence-corrected chi connectivity index (χ3v) is 5.17. The van der Waals surface area contributed by atoms with Crippen molar-refractivity contribution in [3.63, 3.8) is 0 Å². The third-order valence-electron chi connectivity index (χ3n) is 3.47. The standard InChI is InChI=1S/C12H21N3O4S/c1-6-7(2)10(12(16)17)14-20(18,19)11-8(3)13-15(5)9(11)4/h7,10,14H,6H2,1-5H3,(H,16,17)/t7?,10-/m0/s1. The molecule has 0 saturated carbocycles. The number of nitrogens with one attached hydrogen (secondary N) is 1. The summed E-state index contributed by atoms with van der Waals surface area (Å²) in [5.41, 5.74) is 0.828. The summed E-state index contributed by atoms with van der Waals surface area (Å²) in [6.45, 7) is 6.73. The third kappa shape index (κ3) is 3.18. The zero-order valence-corrected chi connectivity index (χ0v) is 13.2. The zero-order chi connectivity index (χ0) is 15.7. The quantitative estimate of drug-likeness (QED) is 0.810. The lowest BCUT2D eigenvalue weighted by Gasteiger charge is -2.20. The number of hydrogen-bond donors (Lipinski definition) is 2. The Labute approximate surface area is 119 Å². The molecule has 2 N–H and O–H groups in total. The predicted octanol–water partition coefficient (Wildman–Crippen LogP) is 0.815. The lowest BCUT2D eigenvalue weighted by Crippen LogP contribution is -2.45. The van der Waals surface area contributed by atoms with E-state index in [4.69, 9.17) is 0 Å². The van der Waals surface area contributed by atoms with E-state index in [-0.39, 0.29) is 10.8 Å². The minimum atomic E-state index is -3.91. The second kappa shape index (κ2) is 5.92. The highest BCUT2D eigenvalue weighted by Crippen LogP contribution is 2.20. The maximum atomic E-state index is 12.4. The van der Waals surface area contributed by atoms with Crippen molar-refractivity contribution in [2.75, 3.05) is 0 Å². The summed E-state index contributed by atoms with van der Waals surface area (Å²) in [7, 11) is -2.27. The van der Waals surface area contributed by atoms with Gasteiger partial charge in [-0.3, -0.25) is 9.48 Å². The molecule has 2 atom stereocenters. The van der Waals surface area contributed by atoms with Crippen LogP contribution in [0.15, 0.2) is 4.90 Å². The zero-order valence-electron chi connectivity index (χ0n) is 12.3. The van der Waals surface area contributed by atoms with Crippen LogP contribution in [0.3, 0.4) is 0 Å². The topological polar surface area (TPSA) is 101 Å². The van der Waals surface area contributed by atoms with Crippen LogP contribution in [0, 0.1) is 19.8 Å². The number of carbonyl (C=O) groups is 1. The van der Waals surface area contributed by atoms with Crippen molar-refractivity contribution in [2.45, 2.75) is 45.1 Å². The summed E-state index contributed by atoms with van der Waals surface area (Å²) in [6.07, 6.45) is 0.560. The van der Waals surface area contributed by atoms with Gasteiger partial charge in [0.15, 0.2) is 0 Å². The van der Waals surface area contributed by atoms with Crippen LogP contribution in [0.25, 0.3) is 0 Å². The van der Waals surface area contributed by atoms with Crippen molar-refractivity contribution in [3.8, 4) is 0 Å². The first-order valence-corrected chi connectivity index (χ1v) is 7.85. The molecule has 0 aliphatic heterocycles. The van der Waals surface area contributed by atoms with Gasteiger partial charge in [-0.25, -0.2) is 8.42 Å². The van der Waals surface area contributed by atoms with Crippen molar-refractivity contribution in [3.05, 3.63) is 11.4 Å². The molecule has 8 heteroatoms. The highest BCUT2D eigenvalue weighted by Gasteiger charge is 2.32. The molecule has 0 fully saturated rings. The van der Waals surface area contributed by atoms with E-state index in [0.29, 0.717) is 17.8 Å². The van der Waals surface area contributed by atoms with E-state index >= 15 is 0 Å². The molecule has 1 heterocycles. The second-order valence-corrected chi connectivity index (χ2v) is 6.60. The van der Waals surface area contributed by atoms with Crippen LogP contribution >= 0.6 is 0 Å². The van der Waals surface area contributed by atoms with Crippen molar-refractivity contribution in [1.82, 2.24) is 14.5 Å². The molecule has 0 saturated heterocycles. The number of aliphatic carboxylic acids is 1. The van der Waals surface area contributed by atoms with Gasteiger partial charge in [0.1, 0.15) is 10.9 Å². The summed E-state index contributed by atoms with van der Waals surface area (Å²) in [4.78, 5) is 11.3. The predicted molar refractivity (Wildman–Crippen MR) is 73.9 cm³/mol. The van der Waals surface area contributed by atoms with Gasteiger partial charge in [0.05, 0.1) is 11.4 Å². The Bertz CT molecular complexity index is 606. The van der Waals surface area contributed by atoms with Crippen molar-refractivity contribution in [2.24, 2.45) is 13.0 Å². The Hall–Kier alpha value is -1.41. The summed E-state index contributed by atoms with van der Waals surface area (Å²) in [5, 5.41) is 13.2. The van der Waals surface area contributed by atoms with Crippen LogP contribution in [-0.2, 0) is 21.9 Å². The molecule has 1 aromatic heterocycles. The Morgan fingerprint density at radius 2 is 2.00 bits per heavy atom. The Balaban J connectivity index is 3.20. The lowest BCUT2D eigenvalue weighted by atomic mass is 10.0. The second-order valence-electron chi connectivity index (χ2n) is 4.95. The van der Waals surface area contributed by atoms with Gasteiger partial charge >= 0.3 is 5.97 Å². The molecular weight excluding hydrogens is 282 g/mol. The molecule has 0 aliphatic carbocycles. The fourth-order valence-electron chi connectivity index (χ4n) is 2.01. The van der Waals surface area contributed by atoms with Crippen LogP contribution in [0.2, 0.25) is 0 Å². The van der Waals surface area contributed by atoms with Gasteiger partial charge in [-0.1, -0.05) is 20.3 Å². The summed E-state index contributed by atoms with van der Waals surface area (Å²) < 4.78 is 28.5. The van der Waals surface area contributed by atoms with Crippen molar-refractivity contribution in [1.29, 1.82) is 0 Å². The molecule has 0 amide bonds. The largest absolute Gasteiger partial charge is 0.480 e. The number of rotatable bonds is 6. The first kappa shape index (κ1) is 16.6.